The zero-order valence-electron chi connectivity index (χ0n) is 17.0. The zero-order valence-corrected chi connectivity index (χ0v) is 17.8. The third kappa shape index (κ3) is 4.28. The highest BCUT2D eigenvalue weighted by atomic mass is 32.2. The highest BCUT2D eigenvalue weighted by Gasteiger charge is 2.44. The molecule has 1 aliphatic rings. The third-order valence-corrected chi connectivity index (χ3v) is 6.06. The van der Waals surface area contributed by atoms with Crippen LogP contribution < -0.4 is 10.6 Å². The standard InChI is InChI=1S/C20H21N7O3S/c1-12(28)18-16(9-21)27(20(29)30-18)17-8-7-15(10-22-17)14-5-3-13(4-6-14)11-31-19-23-24-25-26(19)2/h3-8,10,16,18H,9,11,21H2,1-2H3/t16?,18-/m1/s1. The van der Waals surface area contributed by atoms with Crippen LogP contribution in [0, 0.1) is 0 Å². The van der Waals surface area contributed by atoms with Crippen LogP contribution in [0.25, 0.3) is 11.1 Å². The molecule has 1 aromatic carbocycles. The van der Waals surface area contributed by atoms with Crippen molar-refractivity contribution in [1.82, 2.24) is 25.2 Å². The van der Waals surface area contributed by atoms with E-state index in [4.69, 9.17) is 10.5 Å². The van der Waals surface area contributed by atoms with E-state index < -0.39 is 18.2 Å². The summed E-state index contributed by atoms with van der Waals surface area (Å²) >= 11 is 1.56. The summed E-state index contributed by atoms with van der Waals surface area (Å²) in [6.07, 6.45) is 0.198. The third-order valence-electron chi connectivity index (χ3n) is 4.98. The maximum Gasteiger partial charge on any atom is 0.416 e. The largest absolute Gasteiger partial charge is 0.435 e. The lowest BCUT2D eigenvalue weighted by atomic mass is 10.1. The Labute approximate surface area is 182 Å². The van der Waals surface area contributed by atoms with E-state index in [1.807, 2.05) is 30.3 Å². The first-order chi connectivity index (χ1) is 15.0. The molecule has 31 heavy (non-hydrogen) atoms. The van der Waals surface area contributed by atoms with Crippen LogP contribution in [0.15, 0.2) is 47.8 Å². The number of benzene rings is 1. The van der Waals surface area contributed by atoms with Crippen molar-refractivity contribution >= 4 is 29.5 Å². The number of nitrogens with two attached hydrogens (primary N) is 1. The number of Topliss-reactive ketones (excluding diaryl/α,β-unsaturated/α-hetero) is 1. The van der Waals surface area contributed by atoms with E-state index in [0.29, 0.717) is 5.82 Å². The molecule has 1 unspecified atom stereocenters. The van der Waals surface area contributed by atoms with Crippen LogP contribution in [0.2, 0.25) is 0 Å². The molecule has 0 bridgehead atoms. The summed E-state index contributed by atoms with van der Waals surface area (Å²) in [6.45, 7) is 1.48. The molecule has 0 spiro atoms. The molecule has 1 saturated heterocycles. The van der Waals surface area contributed by atoms with Crippen molar-refractivity contribution in [2.24, 2.45) is 12.8 Å². The Morgan fingerprint density at radius 1 is 1.19 bits per heavy atom. The Kier molecular flexibility index (Phi) is 5.96. The van der Waals surface area contributed by atoms with Gasteiger partial charge in [0.15, 0.2) is 11.9 Å². The summed E-state index contributed by atoms with van der Waals surface area (Å²) in [5.41, 5.74) is 8.82. The quantitative estimate of drug-likeness (QED) is 0.548. The lowest BCUT2D eigenvalue weighted by molar-refractivity contribution is -0.124. The first-order valence-electron chi connectivity index (χ1n) is 9.59. The summed E-state index contributed by atoms with van der Waals surface area (Å²) in [6, 6.07) is 11.1. The summed E-state index contributed by atoms with van der Waals surface area (Å²) in [5.74, 6) is 0.912. The van der Waals surface area contributed by atoms with Crippen LogP contribution in [0.4, 0.5) is 10.6 Å². The number of thioether (sulfide) groups is 1. The molecular weight excluding hydrogens is 418 g/mol. The second-order valence-corrected chi connectivity index (χ2v) is 8.01. The number of nitrogens with zero attached hydrogens (tertiary/aromatic N) is 6. The second kappa shape index (κ2) is 8.82. The number of rotatable bonds is 7. The number of hydrogen-bond acceptors (Lipinski definition) is 9. The summed E-state index contributed by atoms with van der Waals surface area (Å²) < 4.78 is 6.82. The van der Waals surface area contributed by atoms with Gasteiger partial charge in [0.25, 0.3) is 0 Å². The van der Waals surface area contributed by atoms with E-state index in [9.17, 15) is 9.59 Å². The molecule has 1 fully saturated rings. The van der Waals surface area contributed by atoms with Gasteiger partial charge < -0.3 is 10.5 Å². The average molecular weight is 440 g/mol. The number of anilines is 1. The maximum absolute atomic E-state index is 12.3. The average Bonchev–Trinajstić information content (AvgIpc) is 3.35. The van der Waals surface area contributed by atoms with Crippen LogP contribution in [0.3, 0.4) is 0 Å². The van der Waals surface area contributed by atoms with E-state index in [1.54, 1.807) is 35.8 Å². The van der Waals surface area contributed by atoms with Crippen LogP contribution in [0.5, 0.6) is 0 Å². The number of tetrazole rings is 1. The highest BCUT2D eigenvalue weighted by molar-refractivity contribution is 7.98. The van der Waals surface area contributed by atoms with Gasteiger partial charge in [-0.2, -0.15) is 0 Å². The molecule has 4 rings (SSSR count). The summed E-state index contributed by atoms with van der Waals surface area (Å²) in [5, 5.41) is 12.2. The molecule has 3 heterocycles. The Morgan fingerprint density at radius 3 is 2.52 bits per heavy atom. The molecule has 0 radical (unpaired) electrons. The molecule has 3 aromatic rings. The van der Waals surface area contributed by atoms with Crippen molar-refractivity contribution in [3.8, 4) is 11.1 Å². The van der Waals surface area contributed by atoms with E-state index >= 15 is 0 Å². The normalized spacial score (nSPS) is 18.3. The van der Waals surface area contributed by atoms with E-state index in [0.717, 1.165) is 27.6 Å². The summed E-state index contributed by atoms with van der Waals surface area (Å²) in [4.78, 5) is 29.8. The minimum Gasteiger partial charge on any atom is -0.435 e. The van der Waals surface area contributed by atoms with Gasteiger partial charge in [-0.05, 0) is 40.6 Å². The molecular formula is C20H21N7O3S. The van der Waals surface area contributed by atoms with Gasteiger partial charge >= 0.3 is 6.09 Å². The molecule has 0 aliphatic carbocycles. The van der Waals surface area contributed by atoms with Crippen molar-refractivity contribution in [3.05, 3.63) is 48.2 Å². The van der Waals surface area contributed by atoms with Gasteiger partial charge in [-0.15, -0.1) is 5.10 Å². The number of ether oxygens (including phenoxy) is 1. The number of amides is 1. The smallest absolute Gasteiger partial charge is 0.416 e. The summed E-state index contributed by atoms with van der Waals surface area (Å²) in [7, 11) is 1.81. The number of carbonyl (C=O) groups excluding carboxylic acids is 2. The molecule has 2 N–H and O–H groups in total. The predicted molar refractivity (Wildman–Crippen MR) is 114 cm³/mol. The molecule has 160 valence electrons. The van der Waals surface area contributed by atoms with Gasteiger partial charge in [0, 0.05) is 31.1 Å². The first-order valence-corrected chi connectivity index (χ1v) is 10.6. The monoisotopic (exact) mass is 439 g/mol. The molecule has 11 heteroatoms. The van der Waals surface area contributed by atoms with Crippen LogP contribution in [-0.4, -0.2) is 55.8 Å². The highest BCUT2D eigenvalue weighted by Crippen LogP contribution is 2.28. The number of hydrogen-bond donors (Lipinski definition) is 1. The first kappa shape index (κ1) is 20.9. The minimum absolute atomic E-state index is 0.100. The van der Waals surface area contributed by atoms with Crippen molar-refractivity contribution in [1.29, 1.82) is 0 Å². The minimum atomic E-state index is -0.873. The topological polar surface area (TPSA) is 129 Å². The van der Waals surface area contributed by atoms with Gasteiger partial charge in [0.2, 0.25) is 5.16 Å². The van der Waals surface area contributed by atoms with Gasteiger partial charge in [0.1, 0.15) is 5.82 Å². The maximum atomic E-state index is 12.3. The Balaban J connectivity index is 1.46. The molecule has 0 saturated carbocycles. The molecule has 2 atom stereocenters. The Hall–Kier alpha value is -3.31. The molecule has 2 aromatic heterocycles. The zero-order chi connectivity index (χ0) is 22.0. The van der Waals surface area contributed by atoms with Crippen LogP contribution in [-0.2, 0) is 22.3 Å². The number of carbonyl (C=O) groups is 2. The van der Waals surface area contributed by atoms with E-state index in [-0.39, 0.29) is 12.3 Å². The van der Waals surface area contributed by atoms with Crippen molar-refractivity contribution in [3.63, 3.8) is 0 Å². The Bertz CT molecular complexity index is 1080. The van der Waals surface area contributed by atoms with Crippen molar-refractivity contribution < 1.29 is 14.3 Å². The second-order valence-electron chi connectivity index (χ2n) is 7.06. The number of pyridine rings is 1. The number of cyclic esters (lactones) is 1. The van der Waals surface area contributed by atoms with Gasteiger partial charge in [-0.1, -0.05) is 36.0 Å². The van der Waals surface area contributed by atoms with E-state index in [1.165, 1.54) is 11.8 Å². The van der Waals surface area contributed by atoms with Gasteiger partial charge in [-0.3, -0.25) is 9.69 Å². The fourth-order valence-corrected chi connectivity index (χ4v) is 4.15. The predicted octanol–water partition coefficient (Wildman–Crippen LogP) is 1.81. The van der Waals surface area contributed by atoms with Crippen LogP contribution in [0.1, 0.15) is 12.5 Å². The number of ketones is 1. The van der Waals surface area contributed by atoms with Crippen molar-refractivity contribution in [2.75, 3.05) is 11.4 Å². The SMILES string of the molecule is CC(=O)[C@H]1OC(=O)N(c2ccc(-c3ccc(CSc4nnnn4C)cc3)cn2)C1CN. The molecule has 1 aliphatic heterocycles. The molecule has 10 nitrogen and oxygen atoms in total. The van der Waals surface area contributed by atoms with E-state index in [2.05, 4.69) is 20.5 Å². The number of aromatic nitrogens is 5. The van der Waals surface area contributed by atoms with Crippen molar-refractivity contribution in [2.45, 2.75) is 30.0 Å². The van der Waals surface area contributed by atoms with Gasteiger partial charge in [-0.25, -0.2) is 14.5 Å². The number of aryl methyl sites for hydroxylation is 1. The lowest BCUT2D eigenvalue weighted by Crippen LogP contribution is -2.45. The fraction of sp³-hybridized carbons (Fsp3) is 0.300. The molecule has 1 amide bonds. The lowest BCUT2D eigenvalue weighted by Gasteiger charge is -2.21. The van der Waals surface area contributed by atoms with Crippen LogP contribution >= 0.6 is 11.8 Å². The fourth-order valence-electron chi connectivity index (χ4n) is 3.35. The van der Waals surface area contributed by atoms with Gasteiger partial charge in [0.05, 0.1) is 6.04 Å². The Morgan fingerprint density at radius 2 is 1.94 bits per heavy atom.